The summed E-state index contributed by atoms with van der Waals surface area (Å²) in [5, 5.41) is 0. The van der Waals surface area contributed by atoms with Crippen molar-refractivity contribution in [2.24, 2.45) is 11.7 Å². The summed E-state index contributed by atoms with van der Waals surface area (Å²) in [6, 6.07) is 6.46. The van der Waals surface area contributed by atoms with E-state index in [4.69, 9.17) is 10.5 Å². The van der Waals surface area contributed by atoms with Crippen LogP contribution in [0, 0.1) is 12.8 Å². The Bertz CT molecular complexity index is 443. The zero-order valence-corrected chi connectivity index (χ0v) is 15.0. The Morgan fingerprint density at radius 3 is 2.50 bits per heavy atom. The van der Waals surface area contributed by atoms with Crippen LogP contribution in [0.4, 0.5) is 0 Å². The van der Waals surface area contributed by atoms with Gasteiger partial charge >= 0.3 is 0 Å². The molecule has 0 radical (unpaired) electrons. The molecule has 0 amide bonds. The Balaban J connectivity index is 0.00000242. The van der Waals surface area contributed by atoms with E-state index in [1.807, 2.05) is 0 Å². The van der Waals surface area contributed by atoms with Crippen LogP contribution in [-0.2, 0) is 0 Å². The molecule has 22 heavy (non-hydrogen) atoms. The molecular formula is C18H31ClN2O. The van der Waals surface area contributed by atoms with E-state index < -0.39 is 0 Å². The summed E-state index contributed by atoms with van der Waals surface area (Å²) < 4.78 is 5.91. The van der Waals surface area contributed by atoms with Crippen molar-refractivity contribution in [3.05, 3.63) is 29.3 Å². The molecule has 1 aliphatic rings. The molecule has 2 rings (SSSR count). The first-order valence-electron chi connectivity index (χ1n) is 8.26. The van der Waals surface area contributed by atoms with E-state index in [1.54, 1.807) is 0 Å². The lowest BCUT2D eigenvalue weighted by Crippen LogP contribution is -2.38. The summed E-state index contributed by atoms with van der Waals surface area (Å²) in [4.78, 5) is 2.49. The molecule has 126 valence electrons. The van der Waals surface area contributed by atoms with Crippen molar-refractivity contribution in [2.45, 2.75) is 39.5 Å². The molecule has 0 saturated carbocycles. The van der Waals surface area contributed by atoms with Crippen LogP contribution in [0.1, 0.15) is 43.7 Å². The number of likely N-dealkylation sites (tertiary alicyclic amines) is 1. The molecule has 0 atom stereocenters. The summed E-state index contributed by atoms with van der Waals surface area (Å²) in [5.41, 5.74) is 8.46. The number of aryl methyl sites for hydroxylation is 1. The maximum Gasteiger partial charge on any atom is 0.119 e. The van der Waals surface area contributed by atoms with Crippen molar-refractivity contribution in [2.75, 3.05) is 32.8 Å². The van der Waals surface area contributed by atoms with Crippen LogP contribution in [0.2, 0.25) is 0 Å². The minimum Gasteiger partial charge on any atom is -0.492 e. The quantitative estimate of drug-likeness (QED) is 0.868. The topological polar surface area (TPSA) is 38.5 Å². The number of benzene rings is 1. The van der Waals surface area contributed by atoms with E-state index in [0.29, 0.717) is 5.92 Å². The second kappa shape index (κ2) is 9.39. The largest absolute Gasteiger partial charge is 0.492 e. The SMILES string of the molecule is Cc1cc(OCCN2CCC(CN)CC2)ccc1C(C)C.Cl. The molecule has 1 fully saturated rings. The maximum absolute atomic E-state index is 5.91. The molecule has 0 aliphatic carbocycles. The molecule has 1 heterocycles. The van der Waals surface area contributed by atoms with E-state index in [1.165, 1.54) is 24.0 Å². The van der Waals surface area contributed by atoms with Gasteiger partial charge in [0.2, 0.25) is 0 Å². The molecule has 0 aromatic heterocycles. The zero-order chi connectivity index (χ0) is 15.2. The van der Waals surface area contributed by atoms with Gasteiger partial charge < -0.3 is 10.5 Å². The van der Waals surface area contributed by atoms with E-state index in [0.717, 1.165) is 44.5 Å². The number of nitrogens with zero attached hydrogens (tertiary/aromatic N) is 1. The van der Waals surface area contributed by atoms with E-state index in [-0.39, 0.29) is 12.4 Å². The molecule has 0 unspecified atom stereocenters. The molecule has 0 spiro atoms. The first-order chi connectivity index (χ1) is 10.1. The smallest absolute Gasteiger partial charge is 0.119 e. The predicted molar refractivity (Wildman–Crippen MR) is 96.2 cm³/mol. The molecule has 1 saturated heterocycles. The van der Waals surface area contributed by atoms with E-state index in [9.17, 15) is 0 Å². The molecule has 4 heteroatoms. The van der Waals surface area contributed by atoms with Crippen LogP contribution < -0.4 is 10.5 Å². The summed E-state index contributed by atoms with van der Waals surface area (Å²) in [6.07, 6.45) is 2.47. The predicted octanol–water partition coefficient (Wildman–Crippen LogP) is 3.59. The van der Waals surface area contributed by atoms with Crippen LogP contribution in [0.3, 0.4) is 0 Å². The molecule has 2 N–H and O–H groups in total. The van der Waals surface area contributed by atoms with Gasteiger partial charge in [-0.3, -0.25) is 4.90 Å². The average molecular weight is 327 g/mol. The third-order valence-corrected chi connectivity index (χ3v) is 4.58. The van der Waals surface area contributed by atoms with E-state index in [2.05, 4.69) is 43.9 Å². The summed E-state index contributed by atoms with van der Waals surface area (Å²) in [6.45, 7) is 11.6. The lowest BCUT2D eigenvalue weighted by Gasteiger charge is -2.31. The van der Waals surface area contributed by atoms with Crippen LogP contribution in [0.5, 0.6) is 5.75 Å². The van der Waals surface area contributed by atoms with Gasteiger partial charge in [0, 0.05) is 6.54 Å². The fourth-order valence-electron chi connectivity index (χ4n) is 3.12. The number of ether oxygens (including phenoxy) is 1. The second-order valence-corrected chi connectivity index (χ2v) is 6.54. The highest BCUT2D eigenvalue weighted by atomic mass is 35.5. The van der Waals surface area contributed by atoms with Crippen molar-refractivity contribution in [3.63, 3.8) is 0 Å². The Morgan fingerprint density at radius 1 is 1.27 bits per heavy atom. The Hall–Kier alpha value is -0.770. The van der Waals surface area contributed by atoms with Crippen LogP contribution in [-0.4, -0.2) is 37.7 Å². The molecule has 1 aromatic carbocycles. The van der Waals surface area contributed by atoms with Crippen LogP contribution in [0.15, 0.2) is 18.2 Å². The van der Waals surface area contributed by atoms with Crippen molar-refractivity contribution < 1.29 is 4.74 Å². The second-order valence-electron chi connectivity index (χ2n) is 6.54. The number of halogens is 1. The van der Waals surface area contributed by atoms with Gasteiger partial charge in [0.15, 0.2) is 0 Å². The van der Waals surface area contributed by atoms with Gasteiger partial charge in [-0.2, -0.15) is 0 Å². The van der Waals surface area contributed by atoms with Gasteiger partial charge in [-0.15, -0.1) is 12.4 Å². The first-order valence-corrected chi connectivity index (χ1v) is 8.26. The maximum atomic E-state index is 5.91. The molecule has 1 aliphatic heterocycles. The highest BCUT2D eigenvalue weighted by Gasteiger charge is 2.17. The van der Waals surface area contributed by atoms with E-state index >= 15 is 0 Å². The third kappa shape index (κ3) is 5.45. The standard InChI is InChI=1S/C18H30N2O.ClH/c1-14(2)18-5-4-17(12-15(18)3)21-11-10-20-8-6-16(13-19)7-9-20;/h4-5,12,14,16H,6-11,13,19H2,1-3H3;1H. The summed E-state index contributed by atoms with van der Waals surface area (Å²) >= 11 is 0. The normalized spacial score (nSPS) is 16.6. The van der Waals surface area contributed by atoms with Gasteiger partial charge in [-0.1, -0.05) is 19.9 Å². The molecular weight excluding hydrogens is 296 g/mol. The van der Waals surface area contributed by atoms with Gasteiger partial charge in [-0.05, 0) is 74.5 Å². The number of nitrogens with two attached hydrogens (primary N) is 1. The zero-order valence-electron chi connectivity index (χ0n) is 14.2. The minimum atomic E-state index is 0. The highest BCUT2D eigenvalue weighted by molar-refractivity contribution is 5.85. The Kier molecular flexibility index (Phi) is 8.23. The third-order valence-electron chi connectivity index (χ3n) is 4.58. The lowest BCUT2D eigenvalue weighted by atomic mass is 9.97. The number of hydrogen-bond donors (Lipinski definition) is 1. The highest BCUT2D eigenvalue weighted by Crippen LogP contribution is 2.23. The summed E-state index contributed by atoms with van der Waals surface area (Å²) in [7, 11) is 0. The van der Waals surface area contributed by atoms with Gasteiger partial charge in [0.1, 0.15) is 12.4 Å². The van der Waals surface area contributed by atoms with Crippen molar-refractivity contribution in [1.29, 1.82) is 0 Å². The first kappa shape index (κ1) is 19.3. The Morgan fingerprint density at radius 2 is 1.95 bits per heavy atom. The molecule has 1 aromatic rings. The lowest BCUT2D eigenvalue weighted by molar-refractivity contribution is 0.157. The van der Waals surface area contributed by atoms with Gasteiger partial charge in [-0.25, -0.2) is 0 Å². The van der Waals surface area contributed by atoms with Gasteiger partial charge in [0.25, 0.3) is 0 Å². The molecule has 3 nitrogen and oxygen atoms in total. The molecule has 0 bridgehead atoms. The summed E-state index contributed by atoms with van der Waals surface area (Å²) in [5.74, 6) is 2.30. The van der Waals surface area contributed by atoms with Crippen molar-refractivity contribution in [3.8, 4) is 5.75 Å². The fraction of sp³-hybridized carbons (Fsp3) is 0.667. The van der Waals surface area contributed by atoms with Crippen molar-refractivity contribution >= 4 is 12.4 Å². The van der Waals surface area contributed by atoms with Crippen LogP contribution >= 0.6 is 12.4 Å². The number of hydrogen-bond acceptors (Lipinski definition) is 3. The monoisotopic (exact) mass is 326 g/mol. The van der Waals surface area contributed by atoms with Crippen LogP contribution in [0.25, 0.3) is 0 Å². The average Bonchev–Trinajstić information content (AvgIpc) is 2.47. The number of rotatable bonds is 6. The van der Waals surface area contributed by atoms with Gasteiger partial charge in [0.05, 0.1) is 0 Å². The fourth-order valence-corrected chi connectivity index (χ4v) is 3.12. The number of piperidine rings is 1. The Labute approximate surface area is 141 Å². The van der Waals surface area contributed by atoms with Crippen molar-refractivity contribution in [1.82, 2.24) is 4.90 Å². The minimum absolute atomic E-state index is 0.